The molecule has 1 heterocycles. The second-order valence-corrected chi connectivity index (χ2v) is 8.28. The van der Waals surface area contributed by atoms with E-state index in [1.165, 1.54) is 18.4 Å². The number of nitrogens with one attached hydrogen (secondary N) is 2. The molecule has 0 bridgehead atoms. The summed E-state index contributed by atoms with van der Waals surface area (Å²) < 4.78 is 27.6. The highest BCUT2D eigenvalue weighted by Gasteiger charge is 2.23. The number of nitrogens with zero attached hydrogens (tertiary/aromatic N) is 2. The minimum atomic E-state index is -3.50. The van der Waals surface area contributed by atoms with Crippen LogP contribution in [0.2, 0.25) is 0 Å². The first kappa shape index (κ1) is 24.9. The number of halogens is 1. The van der Waals surface area contributed by atoms with Gasteiger partial charge in [0.1, 0.15) is 5.75 Å². The van der Waals surface area contributed by atoms with E-state index in [4.69, 9.17) is 9.88 Å². The summed E-state index contributed by atoms with van der Waals surface area (Å²) in [6, 6.07) is 8.24. The molecule has 0 spiro atoms. The van der Waals surface area contributed by atoms with Gasteiger partial charge in [-0.15, -0.1) is 24.0 Å². The van der Waals surface area contributed by atoms with Crippen LogP contribution in [-0.2, 0) is 10.0 Å². The molecule has 10 heteroatoms. The molecule has 1 unspecified atom stereocenters. The summed E-state index contributed by atoms with van der Waals surface area (Å²) in [6.07, 6.45) is 2.38. The number of hydrogen-bond donors (Lipinski definition) is 3. The van der Waals surface area contributed by atoms with Crippen LogP contribution in [0.5, 0.6) is 5.75 Å². The van der Waals surface area contributed by atoms with Crippen molar-refractivity contribution in [2.75, 3.05) is 45.6 Å². The van der Waals surface area contributed by atoms with E-state index in [0.29, 0.717) is 19.0 Å². The fourth-order valence-electron chi connectivity index (χ4n) is 3.16. The second-order valence-electron chi connectivity index (χ2n) is 6.55. The molecule has 0 amide bonds. The number of guanidine groups is 1. The first-order valence-electron chi connectivity index (χ1n) is 9.33. The zero-order valence-electron chi connectivity index (χ0n) is 16.6. The third kappa shape index (κ3) is 8.50. The van der Waals surface area contributed by atoms with E-state index in [9.17, 15) is 8.42 Å². The molecule has 1 saturated heterocycles. The van der Waals surface area contributed by atoms with Gasteiger partial charge < -0.3 is 15.4 Å². The number of benzene rings is 1. The Bertz CT molecular complexity index is 724. The molecule has 1 aliphatic heterocycles. The summed E-state index contributed by atoms with van der Waals surface area (Å²) >= 11 is 0. The monoisotopic (exact) mass is 525 g/mol. The summed E-state index contributed by atoms with van der Waals surface area (Å²) in [4.78, 5) is 7.12. The van der Waals surface area contributed by atoms with Gasteiger partial charge in [-0.3, -0.25) is 9.89 Å². The number of aliphatic imine (C=N–C) groups is 1. The van der Waals surface area contributed by atoms with Gasteiger partial charge in [0, 0.05) is 13.1 Å². The molecule has 1 aliphatic rings. The predicted molar refractivity (Wildman–Crippen MR) is 124 cm³/mol. The van der Waals surface area contributed by atoms with E-state index in [0.717, 1.165) is 18.8 Å². The maximum atomic E-state index is 11.1. The fraction of sp³-hybridized carbons (Fsp3) is 0.611. The molecule has 28 heavy (non-hydrogen) atoms. The molecule has 1 aromatic carbocycles. The quantitative estimate of drug-likeness (QED) is 0.255. The van der Waals surface area contributed by atoms with E-state index in [2.05, 4.69) is 32.7 Å². The smallest absolute Gasteiger partial charge is 0.210 e. The zero-order valence-corrected chi connectivity index (χ0v) is 19.7. The number of sulfonamides is 1. The number of primary sulfonamides is 1. The number of methoxy groups -OCH3 is 1. The SMILES string of the molecule is CCNC(=NCC(c1cccc(OC)c1)N1CCCC1)NCCS(N)(=O)=O.I. The van der Waals surface area contributed by atoms with Gasteiger partial charge in [0.25, 0.3) is 0 Å². The van der Waals surface area contributed by atoms with Crippen LogP contribution < -0.4 is 20.5 Å². The second kappa shape index (κ2) is 12.5. The van der Waals surface area contributed by atoms with Crippen LogP contribution in [0.1, 0.15) is 31.4 Å². The topological polar surface area (TPSA) is 109 Å². The van der Waals surface area contributed by atoms with Gasteiger partial charge in [-0.1, -0.05) is 12.1 Å². The Kier molecular flexibility index (Phi) is 11.1. The van der Waals surface area contributed by atoms with Crippen molar-refractivity contribution >= 4 is 40.0 Å². The van der Waals surface area contributed by atoms with Crippen molar-refractivity contribution in [3.63, 3.8) is 0 Å². The molecule has 0 aromatic heterocycles. The molecule has 8 nitrogen and oxygen atoms in total. The molecule has 0 aliphatic carbocycles. The van der Waals surface area contributed by atoms with E-state index < -0.39 is 10.0 Å². The first-order valence-corrected chi connectivity index (χ1v) is 11.0. The molecule has 1 aromatic rings. The maximum absolute atomic E-state index is 11.1. The molecule has 160 valence electrons. The minimum Gasteiger partial charge on any atom is -0.497 e. The lowest BCUT2D eigenvalue weighted by atomic mass is 10.1. The van der Waals surface area contributed by atoms with E-state index in [1.807, 2.05) is 19.1 Å². The van der Waals surface area contributed by atoms with Crippen molar-refractivity contribution in [3.8, 4) is 5.75 Å². The first-order chi connectivity index (χ1) is 12.9. The average molecular weight is 525 g/mol. The standard InChI is InChI=1S/C18H31N5O3S.HI/c1-3-20-18(21-9-12-27(19,24)25)22-14-17(23-10-4-5-11-23)15-7-6-8-16(13-15)26-2;/h6-8,13,17H,3-5,9-12,14H2,1-2H3,(H2,19,24,25)(H2,20,21,22);1H. The number of likely N-dealkylation sites (tertiary alicyclic amines) is 1. The Morgan fingerprint density at radius 3 is 2.64 bits per heavy atom. The van der Waals surface area contributed by atoms with Crippen molar-refractivity contribution in [1.29, 1.82) is 0 Å². The predicted octanol–water partition coefficient (Wildman–Crippen LogP) is 1.29. The van der Waals surface area contributed by atoms with Crippen LogP contribution in [0.25, 0.3) is 0 Å². The van der Waals surface area contributed by atoms with Crippen LogP contribution in [0.4, 0.5) is 0 Å². The van der Waals surface area contributed by atoms with Gasteiger partial charge in [-0.05, 0) is 50.6 Å². The maximum Gasteiger partial charge on any atom is 0.210 e. The van der Waals surface area contributed by atoms with Gasteiger partial charge in [0.05, 0.1) is 25.4 Å². The van der Waals surface area contributed by atoms with Crippen LogP contribution in [0, 0.1) is 0 Å². The zero-order chi connectivity index (χ0) is 19.7. The Hall–Kier alpha value is -1.11. The van der Waals surface area contributed by atoms with Crippen molar-refractivity contribution < 1.29 is 13.2 Å². The Balaban J connectivity index is 0.00000392. The highest BCUT2D eigenvalue weighted by molar-refractivity contribution is 14.0. The molecule has 1 fully saturated rings. The number of nitrogens with two attached hydrogens (primary N) is 1. The van der Waals surface area contributed by atoms with Gasteiger partial charge in [0.2, 0.25) is 10.0 Å². The molecule has 1 atom stereocenters. The van der Waals surface area contributed by atoms with Gasteiger partial charge >= 0.3 is 0 Å². The van der Waals surface area contributed by atoms with Gasteiger partial charge in [-0.2, -0.15) is 0 Å². The largest absolute Gasteiger partial charge is 0.497 e. The van der Waals surface area contributed by atoms with Crippen LogP contribution in [0.15, 0.2) is 29.3 Å². The molecule has 4 N–H and O–H groups in total. The van der Waals surface area contributed by atoms with Crippen molar-refractivity contribution in [3.05, 3.63) is 29.8 Å². The Morgan fingerprint density at radius 2 is 2.04 bits per heavy atom. The third-order valence-electron chi connectivity index (χ3n) is 4.51. The average Bonchev–Trinajstić information content (AvgIpc) is 3.15. The van der Waals surface area contributed by atoms with Gasteiger partial charge in [-0.25, -0.2) is 13.6 Å². The molecule has 2 rings (SSSR count). The van der Waals surface area contributed by atoms with Crippen LogP contribution >= 0.6 is 24.0 Å². The number of rotatable bonds is 9. The van der Waals surface area contributed by atoms with E-state index >= 15 is 0 Å². The highest BCUT2D eigenvalue weighted by atomic mass is 127. The lowest BCUT2D eigenvalue weighted by Crippen LogP contribution is -2.41. The fourth-order valence-corrected chi connectivity index (χ4v) is 3.55. The number of hydrogen-bond acceptors (Lipinski definition) is 5. The normalized spacial score (nSPS) is 16.3. The Morgan fingerprint density at radius 1 is 1.32 bits per heavy atom. The molecular formula is C18H32IN5O3S. The van der Waals surface area contributed by atoms with Crippen molar-refractivity contribution in [2.24, 2.45) is 10.1 Å². The summed E-state index contributed by atoms with van der Waals surface area (Å²) in [6.45, 7) is 5.54. The van der Waals surface area contributed by atoms with Crippen LogP contribution in [0.3, 0.4) is 0 Å². The number of ether oxygens (including phenoxy) is 1. The third-order valence-corrected chi connectivity index (χ3v) is 5.28. The molecular weight excluding hydrogens is 493 g/mol. The van der Waals surface area contributed by atoms with E-state index in [-0.39, 0.29) is 42.3 Å². The Labute approximate surface area is 185 Å². The van der Waals surface area contributed by atoms with Crippen molar-refractivity contribution in [2.45, 2.75) is 25.8 Å². The minimum absolute atomic E-state index is 0. The lowest BCUT2D eigenvalue weighted by molar-refractivity contribution is 0.251. The van der Waals surface area contributed by atoms with E-state index in [1.54, 1.807) is 7.11 Å². The summed E-state index contributed by atoms with van der Waals surface area (Å²) in [7, 11) is -1.83. The molecule has 0 saturated carbocycles. The van der Waals surface area contributed by atoms with Crippen molar-refractivity contribution in [1.82, 2.24) is 15.5 Å². The van der Waals surface area contributed by atoms with Gasteiger partial charge in [0.15, 0.2) is 5.96 Å². The summed E-state index contributed by atoms with van der Waals surface area (Å²) in [5.74, 6) is 1.29. The lowest BCUT2D eigenvalue weighted by Gasteiger charge is -2.27. The molecule has 0 radical (unpaired) electrons. The highest BCUT2D eigenvalue weighted by Crippen LogP contribution is 2.27. The summed E-state index contributed by atoms with van der Waals surface area (Å²) in [5.41, 5.74) is 1.17. The summed E-state index contributed by atoms with van der Waals surface area (Å²) in [5, 5.41) is 11.2. The van der Waals surface area contributed by atoms with Crippen LogP contribution in [-0.4, -0.2) is 64.9 Å².